The van der Waals surface area contributed by atoms with Crippen LogP contribution >= 0.6 is 0 Å². The number of aromatic nitrogens is 2. The van der Waals surface area contributed by atoms with E-state index >= 15 is 0 Å². The number of hydrogen-bond acceptors (Lipinski definition) is 5. The number of hydrogen-bond donors (Lipinski definition) is 0. The molecule has 32 heavy (non-hydrogen) atoms. The van der Waals surface area contributed by atoms with Crippen molar-refractivity contribution in [2.45, 2.75) is 45.1 Å². The largest absolute Gasteiger partial charge is 0.573 e. The van der Waals surface area contributed by atoms with Gasteiger partial charge in [0.05, 0.1) is 16.6 Å². The third kappa shape index (κ3) is 4.98. The number of Topliss-reactive ketones (excluding diaryl/α,β-unsaturated/α-hetero) is 1. The van der Waals surface area contributed by atoms with E-state index in [-0.39, 0.29) is 34.9 Å². The number of fused-ring (bicyclic) bond motifs is 1. The summed E-state index contributed by atoms with van der Waals surface area (Å²) in [5, 5.41) is 0.641. The van der Waals surface area contributed by atoms with Gasteiger partial charge in [0.2, 0.25) is 5.88 Å². The lowest BCUT2D eigenvalue weighted by Crippen LogP contribution is -2.29. The first-order chi connectivity index (χ1) is 15.2. The number of ether oxygens (including phenoxy) is 2. The Morgan fingerprint density at radius 1 is 1.19 bits per heavy atom. The normalized spacial score (nSPS) is 17.9. The fourth-order valence-electron chi connectivity index (χ4n) is 3.88. The molecule has 1 saturated carbocycles. The maximum Gasteiger partial charge on any atom is 0.573 e. The first-order valence-electron chi connectivity index (χ1n) is 10.2. The van der Waals surface area contributed by atoms with Gasteiger partial charge in [-0.05, 0) is 56.2 Å². The van der Waals surface area contributed by atoms with E-state index in [1.54, 1.807) is 24.4 Å². The molecule has 0 unspecified atom stereocenters. The zero-order valence-electron chi connectivity index (χ0n) is 17.2. The molecule has 1 aromatic carbocycles. The average Bonchev–Trinajstić information content (AvgIpc) is 2.74. The Labute approximate surface area is 181 Å². The molecule has 0 radical (unpaired) electrons. The predicted molar refractivity (Wildman–Crippen MR) is 109 cm³/mol. The highest BCUT2D eigenvalue weighted by atomic mass is 19.4. The summed E-state index contributed by atoms with van der Waals surface area (Å²) in [5.41, 5.74) is 1.07. The second kappa shape index (κ2) is 8.72. The third-order valence-corrected chi connectivity index (χ3v) is 5.50. The molecular formula is C23H20F4N2O3. The highest BCUT2D eigenvalue weighted by molar-refractivity contribution is 5.87. The summed E-state index contributed by atoms with van der Waals surface area (Å²) in [5.74, 6) is -1.55. The van der Waals surface area contributed by atoms with Crippen molar-refractivity contribution in [2.24, 2.45) is 5.92 Å². The Kier molecular flexibility index (Phi) is 5.99. The summed E-state index contributed by atoms with van der Waals surface area (Å²) in [7, 11) is 0. The Bertz CT molecular complexity index is 1150. The van der Waals surface area contributed by atoms with Gasteiger partial charge in [0.15, 0.2) is 11.6 Å². The second-order valence-electron chi connectivity index (χ2n) is 7.79. The van der Waals surface area contributed by atoms with Crippen LogP contribution in [0.15, 0.2) is 42.6 Å². The molecule has 2 aromatic heterocycles. The van der Waals surface area contributed by atoms with Crippen LogP contribution < -0.4 is 9.47 Å². The monoisotopic (exact) mass is 448 g/mol. The van der Waals surface area contributed by atoms with Crippen molar-refractivity contribution in [3.63, 3.8) is 0 Å². The molecule has 1 aliphatic rings. The van der Waals surface area contributed by atoms with Gasteiger partial charge in [0, 0.05) is 30.5 Å². The third-order valence-electron chi connectivity index (χ3n) is 5.50. The number of benzene rings is 1. The molecule has 1 aliphatic carbocycles. The van der Waals surface area contributed by atoms with Crippen LogP contribution in [0.25, 0.3) is 22.2 Å². The van der Waals surface area contributed by atoms with Gasteiger partial charge < -0.3 is 9.47 Å². The summed E-state index contributed by atoms with van der Waals surface area (Å²) in [6, 6.07) is 8.23. The molecule has 0 spiro atoms. The van der Waals surface area contributed by atoms with E-state index in [1.165, 1.54) is 6.07 Å². The van der Waals surface area contributed by atoms with Gasteiger partial charge >= 0.3 is 6.36 Å². The van der Waals surface area contributed by atoms with E-state index in [9.17, 15) is 22.4 Å². The van der Waals surface area contributed by atoms with Crippen LogP contribution in [0.5, 0.6) is 11.6 Å². The molecule has 4 rings (SSSR count). The Morgan fingerprint density at radius 2 is 2.00 bits per heavy atom. The van der Waals surface area contributed by atoms with Crippen molar-refractivity contribution in [2.75, 3.05) is 0 Å². The topological polar surface area (TPSA) is 61.3 Å². The van der Waals surface area contributed by atoms with E-state index in [0.29, 0.717) is 23.7 Å². The van der Waals surface area contributed by atoms with Crippen LogP contribution in [0.3, 0.4) is 0 Å². The number of rotatable bonds is 5. The van der Waals surface area contributed by atoms with Gasteiger partial charge in [-0.3, -0.25) is 9.78 Å². The predicted octanol–water partition coefficient (Wildman–Crippen LogP) is 5.86. The van der Waals surface area contributed by atoms with E-state index < -0.39 is 17.9 Å². The molecule has 1 fully saturated rings. The zero-order valence-corrected chi connectivity index (χ0v) is 17.2. The number of carbonyl (C=O) groups is 1. The van der Waals surface area contributed by atoms with Crippen LogP contribution in [0.4, 0.5) is 17.6 Å². The lowest BCUT2D eigenvalue weighted by Gasteiger charge is -2.27. The van der Waals surface area contributed by atoms with Gasteiger partial charge in [0.1, 0.15) is 11.9 Å². The quantitative estimate of drug-likeness (QED) is 0.458. The van der Waals surface area contributed by atoms with E-state index in [0.717, 1.165) is 25.0 Å². The van der Waals surface area contributed by atoms with Gasteiger partial charge in [-0.15, -0.1) is 13.2 Å². The number of nitrogens with zero attached hydrogens (tertiary/aromatic N) is 2. The molecule has 2 atom stereocenters. The van der Waals surface area contributed by atoms with Crippen molar-refractivity contribution in [1.29, 1.82) is 0 Å². The first-order valence-corrected chi connectivity index (χ1v) is 10.2. The van der Waals surface area contributed by atoms with Crippen molar-refractivity contribution in [1.82, 2.24) is 9.97 Å². The lowest BCUT2D eigenvalue weighted by molar-refractivity contribution is -0.275. The van der Waals surface area contributed by atoms with Crippen LogP contribution in [0.1, 0.15) is 32.6 Å². The summed E-state index contributed by atoms with van der Waals surface area (Å²) in [6.07, 6.45) is -0.977. The summed E-state index contributed by atoms with van der Waals surface area (Å²) in [4.78, 5) is 20.6. The van der Waals surface area contributed by atoms with Gasteiger partial charge in [-0.2, -0.15) is 0 Å². The van der Waals surface area contributed by atoms with Crippen molar-refractivity contribution < 1.29 is 31.8 Å². The smallest absolute Gasteiger partial charge is 0.474 e. The summed E-state index contributed by atoms with van der Waals surface area (Å²) < 4.78 is 61.3. The molecule has 5 nitrogen and oxygen atoms in total. The molecule has 2 heterocycles. The molecule has 0 bridgehead atoms. The van der Waals surface area contributed by atoms with Gasteiger partial charge in [0.25, 0.3) is 0 Å². The number of ketones is 1. The minimum Gasteiger partial charge on any atom is -0.474 e. The number of alkyl halides is 3. The van der Waals surface area contributed by atoms with Crippen LogP contribution in [0, 0.1) is 11.7 Å². The number of carbonyl (C=O) groups excluding carboxylic acids is 1. The first kappa shape index (κ1) is 22.0. The summed E-state index contributed by atoms with van der Waals surface area (Å²) in [6.45, 7) is 1.88. The Balaban J connectivity index is 1.68. The highest BCUT2D eigenvalue weighted by Crippen LogP contribution is 2.34. The van der Waals surface area contributed by atoms with Crippen LogP contribution in [0.2, 0.25) is 0 Å². The van der Waals surface area contributed by atoms with E-state index in [2.05, 4.69) is 14.7 Å². The SMILES string of the molecule is C[C@@H](Oc1nc(-c2ccc(OC(F)(F)F)c(F)c2)cc2ncccc12)[C@H]1CCCC(=O)C1. The maximum atomic E-state index is 14.2. The summed E-state index contributed by atoms with van der Waals surface area (Å²) >= 11 is 0. The van der Waals surface area contributed by atoms with Crippen molar-refractivity contribution in [3.05, 3.63) is 48.4 Å². The molecule has 9 heteroatoms. The number of halogens is 4. The zero-order chi connectivity index (χ0) is 22.9. The molecular weight excluding hydrogens is 428 g/mol. The van der Waals surface area contributed by atoms with E-state index in [4.69, 9.17) is 4.74 Å². The average molecular weight is 448 g/mol. The standard InChI is InChI=1S/C23H20F4N2O3/c1-13(14-4-2-5-16(30)10-14)31-22-17-6-3-9-28-20(17)12-19(29-22)15-7-8-21(18(24)11-15)32-23(25,26)27/h3,6-9,11-14H,2,4-5,10H2,1H3/t13-,14+/m1/s1. The molecule has 0 saturated heterocycles. The molecule has 0 N–H and O–H groups in total. The van der Waals surface area contributed by atoms with Crippen LogP contribution in [-0.2, 0) is 4.79 Å². The minimum atomic E-state index is -4.99. The molecule has 0 aliphatic heterocycles. The van der Waals surface area contributed by atoms with Crippen molar-refractivity contribution >= 4 is 16.7 Å². The van der Waals surface area contributed by atoms with Gasteiger partial charge in [-0.1, -0.05) is 0 Å². The molecule has 0 amide bonds. The van der Waals surface area contributed by atoms with Crippen LogP contribution in [-0.4, -0.2) is 28.2 Å². The Hall–Kier alpha value is -3.23. The fourth-order valence-corrected chi connectivity index (χ4v) is 3.88. The Morgan fingerprint density at radius 3 is 2.72 bits per heavy atom. The fraction of sp³-hybridized carbons (Fsp3) is 0.348. The highest BCUT2D eigenvalue weighted by Gasteiger charge is 2.32. The second-order valence-corrected chi connectivity index (χ2v) is 7.79. The lowest BCUT2D eigenvalue weighted by atomic mass is 9.85. The maximum absolute atomic E-state index is 14.2. The number of pyridine rings is 2. The molecule has 3 aromatic rings. The minimum absolute atomic E-state index is 0.0599. The molecule has 168 valence electrons. The van der Waals surface area contributed by atoms with Gasteiger partial charge in [-0.25, -0.2) is 9.37 Å². The van der Waals surface area contributed by atoms with Crippen molar-refractivity contribution in [3.8, 4) is 22.9 Å². The van der Waals surface area contributed by atoms with E-state index in [1.807, 2.05) is 6.92 Å².